The lowest BCUT2D eigenvalue weighted by Gasteiger charge is -2.47. The first-order valence-electron chi connectivity index (χ1n) is 12.7. The largest absolute Gasteiger partial charge is 0.463 e. The molecule has 0 aromatic heterocycles. The summed E-state index contributed by atoms with van der Waals surface area (Å²) >= 11 is 0. The van der Waals surface area contributed by atoms with Crippen molar-refractivity contribution in [3.8, 4) is 0 Å². The molecule has 0 N–H and O–H groups in total. The molecule has 0 bridgehead atoms. The molecule has 10 atom stereocenters. The lowest BCUT2D eigenvalue weighted by molar-refractivity contribution is -0.348. The molecule has 0 radical (unpaired) electrons. The average Bonchev–Trinajstić information content (AvgIpc) is 2.87. The Labute approximate surface area is 243 Å². The Hall–Kier alpha value is -4.06. The molecule has 43 heavy (non-hydrogen) atoms. The van der Waals surface area contributed by atoms with Crippen LogP contribution >= 0.6 is 0 Å². The summed E-state index contributed by atoms with van der Waals surface area (Å²) < 4.78 is 63.4. The van der Waals surface area contributed by atoms with Gasteiger partial charge in [-0.25, -0.2) is 4.39 Å². The molecule has 0 amide bonds. The van der Waals surface area contributed by atoms with Crippen LogP contribution < -0.4 is 0 Å². The molecule has 18 nitrogen and oxygen atoms in total. The van der Waals surface area contributed by atoms with Gasteiger partial charge in [0.05, 0.1) is 6.54 Å². The van der Waals surface area contributed by atoms with Crippen LogP contribution in [-0.2, 0) is 71.4 Å². The van der Waals surface area contributed by atoms with Gasteiger partial charge in [0.25, 0.3) is 0 Å². The summed E-state index contributed by atoms with van der Waals surface area (Å²) in [6, 6.07) is 0. The number of esters is 6. The van der Waals surface area contributed by atoms with Gasteiger partial charge in [-0.2, -0.15) is 0 Å². The molecule has 2 saturated heterocycles. The minimum absolute atomic E-state index is 0.521. The van der Waals surface area contributed by atoms with Crippen molar-refractivity contribution in [3.05, 3.63) is 10.4 Å². The number of ether oxygens (including phenoxy) is 9. The highest BCUT2D eigenvalue weighted by Crippen LogP contribution is 2.35. The Kier molecular flexibility index (Phi) is 13.0. The van der Waals surface area contributed by atoms with Crippen LogP contribution in [0.1, 0.15) is 41.5 Å². The smallest absolute Gasteiger partial charge is 0.303 e. The molecule has 240 valence electrons. The van der Waals surface area contributed by atoms with Crippen molar-refractivity contribution >= 4 is 35.8 Å². The van der Waals surface area contributed by atoms with Crippen molar-refractivity contribution in [2.24, 2.45) is 5.11 Å². The number of rotatable bonds is 11. The monoisotopic (exact) mass is 621 g/mol. The first-order valence-corrected chi connectivity index (χ1v) is 12.7. The molecule has 0 saturated carbocycles. The summed E-state index contributed by atoms with van der Waals surface area (Å²) in [7, 11) is 0. The maximum absolute atomic E-state index is 15.1. The van der Waals surface area contributed by atoms with Gasteiger partial charge in [-0.3, -0.25) is 28.8 Å². The predicted octanol–water partition coefficient (Wildman–Crippen LogP) is 0.323. The number of hydrogen-bond donors (Lipinski definition) is 0. The third kappa shape index (κ3) is 10.3. The molecule has 2 aliphatic heterocycles. The Bertz CT molecular complexity index is 1120. The fourth-order valence-electron chi connectivity index (χ4n) is 4.39. The third-order valence-corrected chi connectivity index (χ3v) is 5.75. The van der Waals surface area contributed by atoms with Crippen molar-refractivity contribution in [2.45, 2.75) is 103 Å². The minimum Gasteiger partial charge on any atom is -0.463 e. The van der Waals surface area contributed by atoms with Gasteiger partial charge >= 0.3 is 35.8 Å². The number of nitrogens with zero attached hydrogens (tertiary/aromatic N) is 3. The molecular formula is C24H32FN3O15. The Balaban J connectivity index is 2.66. The van der Waals surface area contributed by atoms with Gasteiger partial charge in [0.1, 0.15) is 24.9 Å². The molecule has 0 aromatic rings. The number of halogens is 1. The zero-order valence-corrected chi connectivity index (χ0v) is 24.0. The van der Waals surface area contributed by atoms with E-state index in [0.29, 0.717) is 0 Å². The van der Waals surface area contributed by atoms with Crippen LogP contribution in [0.4, 0.5) is 4.39 Å². The zero-order chi connectivity index (χ0) is 32.4. The van der Waals surface area contributed by atoms with Gasteiger partial charge < -0.3 is 42.6 Å². The van der Waals surface area contributed by atoms with Crippen LogP contribution in [-0.4, -0.2) is 110 Å². The number of alkyl halides is 1. The highest BCUT2D eigenvalue weighted by Gasteiger charge is 2.57. The fraction of sp³-hybridized carbons (Fsp3) is 0.750. The van der Waals surface area contributed by atoms with E-state index in [4.69, 9.17) is 48.2 Å². The van der Waals surface area contributed by atoms with Crippen molar-refractivity contribution in [3.63, 3.8) is 0 Å². The number of azide groups is 1. The summed E-state index contributed by atoms with van der Waals surface area (Å²) in [6.45, 7) is 4.83. The molecule has 0 aliphatic carbocycles. The highest BCUT2D eigenvalue weighted by atomic mass is 19.1. The van der Waals surface area contributed by atoms with Gasteiger partial charge in [-0.1, -0.05) is 5.11 Å². The normalized spacial score (nSPS) is 31.8. The second kappa shape index (κ2) is 16.0. The number of carbonyl (C=O) groups excluding carboxylic acids is 6. The molecule has 2 fully saturated rings. The van der Waals surface area contributed by atoms with Gasteiger partial charge in [-0.05, 0) is 5.53 Å². The van der Waals surface area contributed by atoms with Crippen molar-refractivity contribution in [1.29, 1.82) is 0 Å². The summed E-state index contributed by atoms with van der Waals surface area (Å²) in [5.41, 5.74) is 8.88. The molecule has 19 heteroatoms. The van der Waals surface area contributed by atoms with Crippen LogP contribution in [0.25, 0.3) is 10.4 Å². The van der Waals surface area contributed by atoms with Crippen LogP contribution in [0, 0.1) is 0 Å². The molecule has 0 unspecified atom stereocenters. The van der Waals surface area contributed by atoms with Crippen LogP contribution in [0.3, 0.4) is 0 Å². The molecule has 0 spiro atoms. The van der Waals surface area contributed by atoms with Gasteiger partial charge in [0, 0.05) is 46.5 Å². The molecule has 2 heterocycles. The van der Waals surface area contributed by atoms with E-state index in [0.717, 1.165) is 41.5 Å². The molecule has 2 rings (SSSR count). The van der Waals surface area contributed by atoms with Crippen molar-refractivity contribution in [2.75, 3.05) is 13.2 Å². The lowest BCUT2D eigenvalue weighted by atomic mass is 9.96. The van der Waals surface area contributed by atoms with E-state index in [1.165, 1.54) is 0 Å². The van der Waals surface area contributed by atoms with Crippen LogP contribution in [0.2, 0.25) is 0 Å². The number of carbonyl (C=O) groups is 6. The van der Waals surface area contributed by atoms with E-state index in [-0.39, 0.29) is 0 Å². The summed E-state index contributed by atoms with van der Waals surface area (Å²) in [5.74, 6) is -5.47. The average molecular weight is 622 g/mol. The summed E-state index contributed by atoms with van der Waals surface area (Å²) in [5, 5.41) is 3.41. The summed E-state index contributed by atoms with van der Waals surface area (Å²) in [6.07, 6.45) is -17.3. The van der Waals surface area contributed by atoms with E-state index in [2.05, 4.69) is 10.0 Å². The second-order valence-corrected chi connectivity index (χ2v) is 9.26. The predicted molar refractivity (Wildman–Crippen MR) is 132 cm³/mol. The van der Waals surface area contributed by atoms with Gasteiger partial charge in [0.2, 0.25) is 6.36 Å². The quantitative estimate of drug-likeness (QED) is 0.0993. The highest BCUT2D eigenvalue weighted by molar-refractivity contribution is 5.69. The van der Waals surface area contributed by atoms with Crippen LogP contribution in [0.5, 0.6) is 0 Å². The van der Waals surface area contributed by atoms with E-state index in [9.17, 15) is 28.8 Å². The Morgan fingerprint density at radius 3 is 1.60 bits per heavy atom. The van der Waals surface area contributed by atoms with E-state index in [1.54, 1.807) is 0 Å². The van der Waals surface area contributed by atoms with Crippen molar-refractivity contribution < 1.29 is 75.8 Å². The maximum atomic E-state index is 15.1. The van der Waals surface area contributed by atoms with Gasteiger partial charge in [-0.15, -0.1) is 0 Å². The maximum Gasteiger partial charge on any atom is 0.303 e. The molecular weight excluding hydrogens is 589 g/mol. The first-order chi connectivity index (χ1) is 20.1. The SMILES string of the molecule is CC(=O)OC[C@H]1O[C@H](F)[C@H](OC(C)=O)[C@@H](OC(C)=O)[C@@H]1O[C@@H]1O[C@H](CN=[N+]=[N-])[C@H](OC(C)=O)[C@H](OC(C)=O)[C@H]1OC(C)=O. The van der Waals surface area contributed by atoms with E-state index in [1.807, 2.05) is 0 Å². The standard InChI is InChI=1S/C24H32FN3O15/c1-9(29)35-8-16-18(19(37-11(3)31)21(23(25)41-16)39-13(5)33)43-24-22(40-14(6)34)20(38-12(4)32)17(36-10(2)30)15(42-24)7-27-28-26/h15-24H,7-8H2,1-6H3/t15-,16-,17+,18-,19+,20+,21-,22-,23+,24+/m1/s1. The first kappa shape index (κ1) is 35.1. The summed E-state index contributed by atoms with van der Waals surface area (Å²) in [4.78, 5) is 74.1. The number of hydrogen-bond acceptors (Lipinski definition) is 16. The lowest BCUT2D eigenvalue weighted by Crippen LogP contribution is -2.66. The Morgan fingerprint density at radius 2 is 1.12 bits per heavy atom. The molecule has 2 aliphatic rings. The zero-order valence-electron chi connectivity index (χ0n) is 24.0. The fourth-order valence-corrected chi connectivity index (χ4v) is 4.39. The van der Waals surface area contributed by atoms with Crippen molar-refractivity contribution in [1.82, 2.24) is 0 Å². The van der Waals surface area contributed by atoms with Gasteiger partial charge in [0.15, 0.2) is 36.8 Å². The topological polar surface area (TPSA) is 234 Å². The van der Waals surface area contributed by atoms with E-state index >= 15 is 4.39 Å². The Morgan fingerprint density at radius 1 is 0.651 bits per heavy atom. The van der Waals surface area contributed by atoms with Crippen LogP contribution in [0.15, 0.2) is 5.11 Å². The minimum atomic E-state index is -2.40. The second-order valence-electron chi connectivity index (χ2n) is 9.26. The molecule has 0 aromatic carbocycles. The van der Waals surface area contributed by atoms with E-state index < -0.39 is 110 Å². The third-order valence-electron chi connectivity index (χ3n) is 5.75.